The minimum absolute atomic E-state index is 0.0309. The number of carbonyl (C=O) groups excluding carboxylic acids is 2. The van der Waals surface area contributed by atoms with Gasteiger partial charge < -0.3 is 9.64 Å². The average molecular weight is 403 g/mol. The second-order valence-electron chi connectivity index (χ2n) is 7.53. The lowest BCUT2D eigenvalue weighted by Gasteiger charge is -2.28. The van der Waals surface area contributed by atoms with Gasteiger partial charge in [0.15, 0.2) is 5.69 Å². The molecular weight excluding hydrogens is 378 g/mol. The zero-order valence-electron chi connectivity index (χ0n) is 17.5. The topological polar surface area (TPSA) is 64.4 Å². The molecule has 0 aliphatic carbocycles. The molecule has 30 heavy (non-hydrogen) atoms. The van der Waals surface area contributed by atoms with E-state index in [9.17, 15) is 9.59 Å². The summed E-state index contributed by atoms with van der Waals surface area (Å²) < 4.78 is 7.06. The Labute approximate surface area is 176 Å². The Bertz CT molecular complexity index is 1100. The molecule has 2 heterocycles. The van der Waals surface area contributed by atoms with E-state index in [1.54, 1.807) is 11.8 Å². The number of ether oxygens (including phenoxy) is 1. The van der Waals surface area contributed by atoms with Crippen LogP contribution in [-0.2, 0) is 17.7 Å². The van der Waals surface area contributed by atoms with Gasteiger partial charge in [0, 0.05) is 24.1 Å². The normalized spacial score (nSPS) is 13.1. The van der Waals surface area contributed by atoms with Gasteiger partial charge in [0.05, 0.1) is 24.5 Å². The van der Waals surface area contributed by atoms with E-state index in [-0.39, 0.29) is 18.2 Å². The molecule has 154 valence electrons. The molecule has 1 aliphatic heterocycles. The smallest absolute Gasteiger partial charge is 0.359 e. The molecule has 3 aromatic rings. The number of amides is 1. The van der Waals surface area contributed by atoms with E-state index in [2.05, 4.69) is 5.10 Å². The highest BCUT2D eigenvalue weighted by molar-refractivity contribution is 5.96. The van der Waals surface area contributed by atoms with E-state index < -0.39 is 5.97 Å². The van der Waals surface area contributed by atoms with Crippen molar-refractivity contribution >= 4 is 11.9 Å². The number of fused-ring (bicyclic) bond motifs is 1. The van der Waals surface area contributed by atoms with Crippen LogP contribution in [0, 0.1) is 13.8 Å². The van der Waals surface area contributed by atoms with E-state index in [0.717, 1.165) is 28.1 Å². The van der Waals surface area contributed by atoms with Crippen LogP contribution in [0.1, 0.15) is 50.2 Å². The third-order valence-corrected chi connectivity index (χ3v) is 5.47. The first-order valence-electron chi connectivity index (χ1n) is 10.2. The Morgan fingerprint density at radius 2 is 1.80 bits per heavy atom. The first kappa shape index (κ1) is 19.9. The van der Waals surface area contributed by atoms with Gasteiger partial charge in [0.25, 0.3) is 5.91 Å². The fraction of sp³-hybridized carbons (Fsp3) is 0.292. The molecule has 1 amide bonds. The summed E-state index contributed by atoms with van der Waals surface area (Å²) in [7, 11) is 0. The van der Waals surface area contributed by atoms with Crippen LogP contribution in [0.2, 0.25) is 0 Å². The Balaban J connectivity index is 1.73. The summed E-state index contributed by atoms with van der Waals surface area (Å²) in [4.78, 5) is 27.5. The maximum Gasteiger partial charge on any atom is 0.359 e. The van der Waals surface area contributed by atoms with Crippen molar-refractivity contribution in [3.05, 3.63) is 82.2 Å². The summed E-state index contributed by atoms with van der Waals surface area (Å²) in [6, 6.07) is 15.6. The van der Waals surface area contributed by atoms with Gasteiger partial charge in [-0.1, -0.05) is 35.9 Å². The Morgan fingerprint density at radius 3 is 2.50 bits per heavy atom. The average Bonchev–Trinajstić information content (AvgIpc) is 3.13. The van der Waals surface area contributed by atoms with Gasteiger partial charge in [-0.25, -0.2) is 9.48 Å². The van der Waals surface area contributed by atoms with E-state index >= 15 is 0 Å². The van der Waals surface area contributed by atoms with Crippen molar-refractivity contribution in [1.82, 2.24) is 14.7 Å². The molecule has 0 fully saturated rings. The van der Waals surface area contributed by atoms with Crippen LogP contribution in [0.3, 0.4) is 0 Å². The van der Waals surface area contributed by atoms with Gasteiger partial charge in [0.1, 0.15) is 0 Å². The molecule has 0 atom stereocenters. The summed E-state index contributed by atoms with van der Waals surface area (Å²) in [6.07, 6.45) is 0.618. The van der Waals surface area contributed by atoms with Gasteiger partial charge in [-0.15, -0.1) is 0 Å². The minimum Gasteiger partial charge on any atom is -0.461 e. The molecule has 0 N–H and O–H groups in total. The van der Waals surface area contributed by atoms with Crippen LogP contribution in [0.4, 0.5) is 0 Å². The van der Waals surface area contributed by atoms with Crippen molar-refractivity contribution in [3.63, 3.8) is 0 Å². The van der Waals surface area contributed by atoms with Crippen LogP contribution >= 0.6 is 0 Å². The zero-order valence-corrected chi connectivity index (χ0v) is 17.5. The summed E-state index contributed by atoms with van der Waals surface area (Å²) in [5.74, 6) is -0.485. The summed E-state index contributed by atoms with van der Waals surface area (Å²) in [5, 5.41) is 4.60. The second kappa shape index (κ2) is 8.14. The number of nitrogens with zero attached hydrogens (tertiary/aromatic N) is 3. The molecule has 2 aromatic carbocycles. The maximum absolute atomic E-state index is 13.1. The first-order chi connectivity index (χ1) is 14.5. The highest BCUT2D eigenvalue weighted by atomic mass is 16.5. The summed E-state index contributed by atoms with van der Waals surface area (Å²) in [5.41, 5.74) is 5.68. The molecule has 1 aliphatic rings. The van der Waals surface area contributed by atoms with Crippen LogP contribution in [-0.4, -0.2) is 39.7 Å². The third kappa shape index (κ3) is 3.61. The highest BCUT2D eigenvalue weighted by Crippen LogP contribution is 2.27. The van der Waals surface area contributed by atoms with Crippen LogP contribution in [0.5, 0.6) is 0 Å². The van der Waals surface area contributed by atoms with Crippen LogP contribution in [0.15, 0.2) is 48.5 Å². The predicted octanol–water partition coefficient (Wildman–Crippen LogP) is 3.86. The maximum atomic E-state index is 13.1. The molecular formula is C24H25N3O3. The Hall–Kier alpha value is -3.41. The number of hydrogen-bond acceptors (Lipinski definition) is 4. The van der Waals surface area contributed by atoms with Gasteiger partial charge >= 0.3 is 5.97 Å². The molecule has 0 saturated carbocycles. The fourth-order valence-electron chi connectivity index (χ4n) is 3.84. The summed E-state index contributed by atoms with van der Waals surface area (Å²) in [6.45, 7) is 6.91. The van der Waals surface area contributed by atoms with Crippen molar-refractivity contribution in [3.8, 4) is 5.69 Å². The van der Waals surface area contributed by atoms with Gasteiger partial charge in [0.2, 0.25) is 0 Å². The molecule has 6 nitrogen and oxygen atoms in total. The van der Waals surface area contributed by atoms with Crippen molar-refractivity contribution < 1.29 is 14.3 Å². The number of esters is 1. The lowest BCUT2D eigenvalue weighted by atomic mass is 10.0. The van der Waals surface area contributed by atoms with E-state index in [4.69, 9.17) is 4.74 Å². The monoisotopic (exact) mass is 403 g/mol. The van der Waals surface area contributed by atoms with Crippen LogP contribution < -0.4 is 0 Å². The molecule has 1 aromatic heterocycles. The number of hydrogen-bond donors (Lipinski definition) is 0. The van der Waals surface area contributed by atoms with E-state index in [0.29, 0.717) is 25.1 Å². The number of rotatable bonds is 4. The number of carbonyl (C=O) groups is 2. The SMILES string of the molecule is CCOC(=O)c1nn(-c2ccc(C)cc2)c2c1CN(C(=O)c1ccccc1C)CC2. The largest absolute Gasteiger partial charge is 0.461 e. The molecule has 0 bridgehead atoms. The van der Waals surface area contributed by atoms with Crippen molar-refractivity contribution in [2.45, 2.75) is 33.7 Å². The quantitative estimate of drug-likeness (QED) is 0.621. The molecule has 6 heteroatoms. The highest BCUT2D eigenvalue weighted by Gasteiger charge is 2.31. The fourth-order valence-corrected chi connectivity index (χ4v) is 3.84. The van der Waals surface area contributed by atoms with Gasteiger partial charge in [-0.3, -0.25) is 4.79 Å². The van der Waals surface area contributed by atoms with Gasteiger partial charge in [-0.05, 0) is 44.5 Å². The number of aromatic nitrogens is 2. The predicted molar refractivity (Wildman–Crippen MR) is 114 cm³/mol. The van der Waals surface area contributed by atoms with E-state index in [1.165, 1.54) is 0 Å². The van der Waals surface area contributed by atoms with Crippen molar-refractivity contribution in [2.24, 2.45) is 0 Å². The second-order valence-corrected chi connectivity index (χ2v) is 7.53. The van der Waals surface area contributed by atoms with Crippen molar-refractivity contribution in [1.29, 1.82) is 0 Å². The number of aryl methyl sites for hydroxylation is 2. The molecule has 0 unspecified atom stereocenters. The van der Waals surface area contributed by atoms with Gasteiger partial charge in [-0.2, -0.15) is 5.10 Å². The third-order valence-electron chi connectivity index (χ3n) is 5.47. The van der Waals surface area contributed by atoms with Crippen LogP contribution in [0.25, 0.3) is 5.69 Å². The Morgan fingerprint density at radius 1 is 1.07 bits per heavy atom. The molecule has 0 saturated heterocycles. The molecule has 4 rings (SSSR count). The lowest BCUT2D eigenvalue weighted by molar-refractivity contribution is 0.0513. The molecule has 0 spiro atoms. The zero-order chi connectivity index (χ0) is 21.3. The Kier molecular flexibility index (Phi) is 5.40. The number of benzene rings is 2. The standard InChI is InChI=1S/C24H25N3O3/c1-4-30-24(29)22-20-15-26(23(28)19-8-6-5-7-17(19)3)14-13-21(20)27(25-22)18-11-9-16(2)10-12-18/h5-12H,4,13-15H2,1-3H3. The van der Waals surface area contributed by atoms with E-state index in [1.807, 2.05) is 67.1 Å². The summed E-state index contributed by atoms with van der Waals surface area (Å²) >= 11 is 0. The van der Waals surface area contributed by atoms with Crippen molar-refractivity contribution in [2.75, 3.05) is 13.2 Å². The lowest BCUT2D eigenvalue weighted by Crippen LogP contribution is -2.37. The minimum atomic E-state index is -0.454. The molecule has 0 radical (unpaired) electrons. The first-order valence-corrected chi connectivity index (χ1v) is 10.2.